The van der Waals surface area contributed by atoms with Gasteiger partial charge in [-0.25, -0.2) is 8.42 Å². The van der Waals surface area contributed by atoms with Crippen molar-refractivity contribution in [1.29, 1.82) is 0 Å². The fraction of sp³-hybridized carbons (Fsp3) is 0.130. The predicted molar refractivity (Wildman–Crippen MR) is 136 cm³/mol. The Bertz CT molecular complexity index is 1640. The molecule has 35 heavy (non-hydrogen) atoms. The first-order valence-electron chi connectivity index (χ1n) is 10.5. The summed E-state index contributed by atoms with van der Waals surface area (Å²) in [5, 5.41) is 1.20. The second-order valence-corrected chi connectivity index (χ2v) is 12.0. The van der Waals surface area contributed by atoms with Crippen LogP contribution in [0.5, 0.6) is 0 Å². The largest absolute Gasteiger partial charge is 0.303 e. The number of rotatable bonds is 5. The van der Waals surface area contributed by atoms with Gasteiger partial charge in [0.25, 0.3) is 10.0 Å². The first-order chi connectivity index (χ1) is 16.7. The quantitative estimate of drug-likeness (QED) is 0.421. The fourth-order valence-electron chi connectivity index (χ4n) is 3.89. The molecule has 1 aliphatic rings. The zero-order valence-corrected chi connectivity index (χ0v) is 20.8. The van der Waals surface area contributed by atoms with Crippen molar-refractivity contribution in [2.24, 2.45) is 0 Å². The number of fused-ring (bicyclic) bond motifs is 1. The number of aromatic nitrogens is 2. The molecule has 4 aromatic rings. The minimum atomic E-state index is -3.95. The molecule has 180 valence electrons. The minimum Gasteiger partial charge on any atom is -0.280 e. The van der Waals surface area contributed by atoms with Crippen LogP contribution in [0.2, 0.25) is 5.02 Å². The van der Waals surface area contributed by atoms with E-state index in [1.54, 1.807) is 42.7 Å². The van der Waals surface area contributed by atoms with E-state index in [1.807, 2.05) is 6.07 Å². The molecule has 0 spiro atoms. The number of benzene rings is 2. The third kappa shape index (κ3) is 4.31. The number of halogens is 1. The zero-order valence-electron chi connectivity index (χ0n) is 18.5. The van der Waals surface area contributed by atoms with Gasteiger partial charge in [0.1, 0.15) is 0 Å². The lowest BCUT2D eigenvalue weighted by Crippen LogP contribution is -2.30. The Labute approximate surface area is 208 Å². The maximum Gasteiger partial charge on any atom is 0.303 e. The van der Waals surface area contributed by atoms with Gasteiger partial charge in [-0.15, -0.1) is 0 Å². The molecular formula is C23H20ClN5O4S2. The summed E-state index contributed by atoms with van der Waals surface area (Å²) in [6.45, 7) is 0.666. The summed E-state index contributed by atoms with van der Waals surface area (Å²) in [7, 11) is -6.04. The van der Waals surface area contributed by atoms with Crippen LogP contribution >= 0.6 is 11.6 Å². The van der Waals surface area contributed by atoms with Crippen LogP contribution in [0, 0.1) is 0 Å². The number of anilines is 2. The number of hydrogen-bond donors (Lipinski definition) is 1. The molecule has 12 heteroatoms. The molecule has 2 aromatic carbocycles. The molecule has 0 radical (unpaired) electrons. The summed E-state index contributed by atoms with van der Waals surface area (Å²) in [6.07, 6.45) is 3.30. The smallest absolute Gasteiger partial charge is 0.280 e. The Kier molecular flexibility index (Phi) is 5.88. The van der Waals surface area contributed by atoms with Crippen LogP contribution in [0.1, 0.15) is 0 Å². The Balaban J connectivity index is 1.44. The molecule has 0 saturated carbocycles. The topological polar surface area (TPSA) is 113 Å². The molecule has 9 nitrogen and oxygen atoms in total. The third-order valence-electron chi connectivity index (χ3n) is 5.73. The van der Waals surface area contributed by atoms with Crippen molar-refractivity contribution in [1.82, 2.24) is 14.3 Å². The maximum atomic E-state index is 13.0. The molecule has 0 unspecified atom stereocenters. The number of nitrogens with zero attached hydrogens (tertiary/aromatic N) is 4. The number of hydrogen-bond acceptors (Lipinski definition) is 6. The van der Waals surface area contributed by atoms with Crippen molar-refractivity contribution in [3.05, 3.63) is 78.1 Å². The van der Waals surface area contributed by atoms with Crippen LogP contribution in [0.4, 0.5) is 11.4 Å². The molecule has 5 rings (SSSR count). The second-order valence-electron chi connectivity index (χ2n) is 7.93. The fourth-order valence-corrected chi connectivity index (χ4v) is 6.49. The van der Waals surface area contributed by atoms with Crippen molar-refractivity contribution in [2.75, 3.05) is 29.2 Å². The number of likely N-dealkylation sites (N-methyl/N-ethyl adjacent to an activating group) is 1. The maximum absolute atomic E-state index is 13.0. The van der Waals surface area contributed by atoms with Crippen LogP contribution in [0.3, 0.4) is 0 Å². The molecular weight excluding hydrogens is 510 g/mol. The van der Waals surface area contributed by atoms with Crippen LogP contribution < -0.4 is 9.03 Å². The van der Waals surface area contributed by atoms with E-state index in [9.17, 15) is 16.8 Å². The molecule has 0 atom stereocenters. The van der Waals surface area contributed by atoms with E-state index in [1.165, 1.54) is 39.9 Å². The summed E-state index contributed by atoms with van der Waals surface area (Å²) in [6, 6.07) is 15.9. The molecule has 1 saturated heterocycles. The number of pyridine rings is 2. The molecule has 0 bridgehead atoms. The van der Waals surface area contributed by atoms with E-state index >= 15 is 0 Å². The summed E-state index contributed by atoms with van der Waals surface area (Å²) < 4.78 is 55.9. The number of sulfonamides is 1. The lowest BCUT2D eigenvalue weighted by atomic mass is 10.1. The van der Waals surface area contributed by atoms with Crippen molar-refractivity contribution in [3.8, 4) is 11.3 Å². The van der Waals surface area contributed by atoms with Crippen molar-refractivity contribution in [2.45, 2.75) is 4.90 Å². The monoisotopic (exact) mass is 529 g/mol. The highest BCUT2D eigenvalue weighted by Crippen LogP contribution is 2.34. The average molecular weight is 530 g/mol. The minimum absolute atomic E-state index is 0.00446. The second kappa shape index (κ2) is 8.76. The van der Waals surface area contributed by atoms with E-state index in [-0.39, 0.29) is 4.90 Å². The van der Waals surface area contributed by atoms with E-state index in [0.29, 0.717) is 40.7 Å². The lowest BCUT2D eigenvalue weighted by Gasteiger charge is -2.18. The van der Waals surface area contributed by atoms with Gasteiger partial charge in [-0.1, -0.05) is 11.6 Å². The Morgan fingerprint density at radius 2 is 1.74 bits per heavy atom. The van der Waals surface area contributed by atoms with E-state index in [0.717, 1.165) is 10.9 Å². The van der Waals surface area contributed by atoms with Gasteiger partial charge in [-0.3, -0.25) is 19.0 Å². The van der Waals surface area contributed by atoms with E-state index < -0.39 is 20.2 Å². The normalized spacial score (nSPS) is 16.0. The summed E-state index contributed by atoms with van der Waals surface area (Å²) in [5.41, 5.74) is 2.59. The molecule has 1 fully saturated rings. The van der Waals surface area contributed by atoms with Crippen LogP contribution in [-0.4, -0.2) is 51.2 Å². The van der Waals surface area contributed by atoms with Crippen LogP contribution in [0.15, 0.2) is 78.0 Å². The number of nitrogens with one attached hydrogen (secondary N) is 1. The zero-order chi connectivity index (χ0) is 24.8. The summed E-state index contributed by atoms with van der Waals surface area (Å²) in [5.74, 6) is 0. The van der Waals surface area contributed by atoms with Gasteiger partial charge >= 0.3 is 10.2 Å². The highest BCUT2D eigenvalue weighted by atomic mass is 35.5. The van der Waals surface area contributed by atoms with E-state index in [2.05, 4.69) is 14.7 Å². The first-order valence-corrected chi connectivity index (χ1v) is 13.8. The molecule has 3 heterocycles. The van der Waals surface area contributed by atoms with Crippen molar-refractivity contribution in [3.63, 3.8) is 0 Å². The molecule has 1 N–H and O–H groups in total. The van der Waals surface area contributed by atoms with Crippen LogP contribution in [-0.2, 0) is 20.2 Å². The Hall–Kier alpha value is -3.25. The molecule has 0 aliphatic carbocycles. The lowest BCUT2D eigenvalue weighted by molar-refractivity contribution is 0.511. The van der Waals surface area contributed by atoms with Gasteiger partial charge in [0, 0.05) is 49.2 Å². The summed E-state index contributed by atoms with van der Waals surface area (Å²) >= 11 is 6.44. The molecule has 2 aromatic heterocycles. The van der Waals surface area contributed by atoms with Crippen LogP contribution in [0.25, 0.3) is 22.2 Å². The third-order valence-corrected chi connectivity index (χ3v) is 9.38. The van der Waals surface area contributed by atoms with E-state index in [4.69, 9.17) is 11.6 Å². The van der Waals surface area contributed by atoms with Gasteiger partial charge < -0.3 is 0 Å². The van der Waals surface area contributed by atoms with Crippen molar-refractivity contribution < 1.29 is 16.8 Å². The van der Waals surface area contributed by atoms with Gasteiger partial charge in [0.15, 0.2) is 0 Å². The van der Waals surface area contributed by atoms with Gasteiger partial charge in [-0.05, 0) is 60.7 Å². The Morgan fingerprint density at radius 1 is 0.971 bits per heavy atom. The van der Waals surface area contributed by atoms with Gasteiger partial charge in [0.2, 0.25) is 0 Å². The summed E-state index contributed by atoms with van der Waals surface area (Å²) in [4.78, 5) is 8.76. The SMILES string of the molecule is CN1CCN(c2ccc(S(=O)(=O)Nc3ccc(Cl)c(-c4nccc5ncccc45)c3)cc2)S1(=O)=O. The average Bonchev–Trinajstić information content (AvgIpc) is 3.12. The predicted octanol–water partition coefficient (Wildman–Crippen LogP) is 3.75. The van der Waals surface area contributed by atoms with Gasteiger partial charge in [-0.2, -0.15) is 12.7 Å². The Morgan fingerprint density at radius 3 is 2.46 bits per heavy atom. The molecule has 0 amide bonds. The highest BCUT2D eigenvalue weighted by molar-refractivity contribution is 7.92. The first kappa shape index (κ1) is 23.5. The van der Waals surface area contributed by atoms with Crippen molar-refractivity contribution >= 4 is 54.1 Å². The highest BCUT2D eigenvalue weighted by Gasteiger charge is 2.34. The van der Waals surface area contributed by atoms with Gasteiger partial charge in [0.05, 0.1) is 26.8 Å². The molecule has 1 aliphatic heterocycles. The standard InChI is InChI=1S/C23H20ClN5O4S2/c1-28-13-14-29(35(28,32)33)17-5-7-18(8-6-17)34(30,31)27-16-4-9-21(24)20(15-16)23-19-3-2-11-25-22(19)10-12-26-23/h2-12,15,27H,13-14H2,1H3.